The minimum Gasteiger partial charge on any atom is -0.481 e. The molecule has 0 aliphatic heterocycles. The Morgan fingerprint density at radius 1 is 1.14 bits per heavy atom. The second kappa shape index (κ2) is 7.64. The van der Waals surface area contributed by atoms with Crippen LogP contribution in [0, 0.1) is 11.3 Å². The standard InChI is InChI=1S/C22H18BrN5O/c1-13(2)21-20-17(15-5-7-19(29-3)26-12-15)8-9-25-22(20)28(27-21)16-6-4-14(11-24)18(23)10-16/h4-10,12-13H,1-3H3. The van der Waals surface area contributed by atoms with E-state index in [1.807, 2.05) is 35.0 Å². The third-order valence-electron chi connectivity index (χ3n) is 4.72. The molecule has 0 radical (unpaired) electrons. The molecule has 0 atom stereocenters. The van der Waals surface area contributed by atoms with Gasteiger partial charge in [-0.2, -0.15) is 10.4 Å². The summed E-state index contributed by atoms with van der Waals surface area (Å²) in [6.45, 7) is 4.23. The van der Waals surface area contributed by atoms with Crippen molar-refractivity contribution in [2.24, 2.45) is 0 Å². The Labute approximate surface area is 176 Å². The molecule has 6 nitrogen and oxygen atoms in total. The Hall–Kier alpha value is -3.24. The summed E-state index contributed by atoms with van der Waals surface area (Å²) in [7, 11) is 1.60. The number of nitriles is 1. The number of halogens is 1. The number of hydrogen-bond donors (Lipinski definition) is 0. The summed E-state index contributed by atoms with van der Waals surface area (Å²) < 4.78 is 7.73. The molecule has 4 aromatic rings. The van der Waals surface area contributed by atoms with Crippen LogP contribution < -0.4 is 4.74 Å². The first-order valence-electron chi connectivity index (χ1n) is 9.11. The highest BCUT2D eigenvalue weighted by Crippen LogP contribution is 2.35. The molecule has 3 aromatic heterocycles. The van der Waals surface area contributed by atoms with Crippen LogP contribution >= 0.6 is 15.9 Å². The van der Waals surface area contributed by atoms with Crippen LogP contribution in [0.2, 0.25) is 0 Å². The van der Waals surface area contributed by atoms with Gasteiger partial charge in [-0.05, 0) is 57.7 Å². The average Bonchev–Trinajstić information content (AvgIpc) is 3.14. The monoisotopic (exact) mass is 447 g/mol. The fourth-order valence-electron chi connectivity index (χ4n) is 3.28. The van der Waals surface area contributed by atoms with Crippen molar-refractivity contribution < 1.29 is 4.74 Å². The topological polar surface area (TPSA) is 76.6 Å². The number of aromatic nitrogens is 4. The van der Waals surface area contributed by atoms with Crippen LogP contribution in [-0.2, 0) is 0 Å². The summed E-state index contributed by atoms with van der Waals surface area (Å²) in [5.74, 6) is 0.774. The van der Waals surface area contributed by atoms with E-state index in [-0.39, 0.29) is 5.92 Å². The van der Waals surface area contributed by atoms with Gasteiger partial charge in [0, 0.05) is 28.5 Å². The first kappa shape index (κ1) is 19.1. The lowest BCUT2D eigenvalue weighted by molar-refractivity contribution is 0.398. The van der Waals surface area contributed by atoms with Crippen LogP contribution in [-0.4, -0.2) is 26.9 Å². The average molecular weight is 448 g/mol. The number of methoxy groups -OCH3 is 1. The number of pyridine rings is 2. The summed E-state index contributed by atoms with van der Waals surface area (Å²) in [5.41, 5.74) is 5.13. The van der Waals surface area contributed by atoms with E-state index in [1.54, 1.807) is 25.6 Å². The van der Waals surface area contributed by atoms with Gasteiger partial charge in [0.25, 0.3) is 0 Å². The number of benzene rings is 1. The molecular weight excluding hydrogens is 430 g/mol. The van der Waals surface area contributed by atoms with Gasteiger partial charge in [-0.15, -0.1) is 0 Å². The van der Waals surface area contributed by atoms with E-state index < -0.39 is 0 Å². The Balaban J connectivity index is 1.97. The summed E-state index contributed by atoms with van der Waals surface area (Å²) in [6.07, 6.45) is 3.58. The fraction of sp³-hybridized carbons (Fsp3) is 0.182. The molecule has 1 aromatic carbocycles. The third kappa shape index (κ3) is 3.36. The molecule has 144 valence electrons. The molecule has 0 spiro atoms. The zero-order chi connectivity index (χ0) is 20.5. The summed E-state index contributed by atoms with van der Waals surface area (Å²) in [5, 5.41) is 15.1. The molecule has 0 saturated heterocycles. The van der Waals surface area contributed by atoms with Gasteiger partial charge in [0.1, 0.15) is 6.07 Å². The molecule has 0 N–H and O–H groups in total. The Kier molecular flexibility index (Phi) is 5.03. The van der Waals surface area contributed by atoms with E-state index >= 15 is 0 Å². The van der Waals surface area contributed by atoms with Crippen molar-refractivity contribution in [1.82, 2.24) is 19.7 Å². The predicted octanol–water partition coefficient (Wildman–Crippen LogP) is 5.25. The maximum absolute atomic E-state index is 9.20. The number of ether oxygens (including phenoxy) is 1. The van der Waals surface area contributed by atoms with E-state index in [0.29, 0.717) is 11.4 Å². The first-order valence-corrected chi connectivity index (χ1v) is 9.91. The van der Waals surface area contributed by atoms with Crippen LogP contribution in [0.3, 0.4) is 0 Å². The zero-order valence-electron chi connectivity index (χ0n) is 16.2. The van der Waals surface area contributed by atoms with Crippen LogP contribution in [0.25, 0.3) is 27.8 Å². The lowest BCUT2D eigenvalue weighted by Crippen LogP contribution is -1.99. The molecular formula is C22H18BrN5O. The highest BCUT2D eigenvalue weighted by molar-refractivity contribution is 9.10. The number of nitrogens with zero attached hydrogens (tertiary/aromatic N) is 5. The van der Waals surface area contributed by atoms with Crippen molar-refractivity contribution in [1.29, 1.82) is 5.26 Å². The van der Waals surface area contributed by atoms with Gasteiger partial charge in [-0.3, -0.25) is 0 Å². The second-order valence-electron chi connectivity index (χ2n) is 6.87. The maximum Gasteiger partial charge on any atom is 0.212 e. The third-order valence-corrected chi connectivity index (χ3v) is 5.37. The highest BCUT2D eigenvalue weighted by atomic mass is 79.9. The highest BCUT2D eigenvalue weighted by Gasteiger charge is 2.20. The lowest BCUT2D eigenvalue weighted by atomic mass is 9.99. The molecule has 0 unspecified atom stereocenters. The van der Waals surface area contributed by atoms with Gasteiger partial charge >= 0.3 is 0 Å². The SMILES string of the molecule is COc1ccc(-c2ccnc3c2c(C(C)C)nn3-c2ccc(C#N)c(Br)c2)cn1. The van der Waals surface area contributed by atoms with E-state index in [1.165, 1.54) is 0 Å². The van der Waals surface area contributed by atoms with Crippen LogP contribution in [0.1, 0.15) is 31.0 Å². The van der Waals surface area contributed by atoms with Gasteiger partial charge in [-0.25, -0.2) is 14.6 Å². The van der Waals surface area contributed by atoms with Gasteiger partial charge in [0.2, 0.25) is 5.88 Å². The molecule has 0 aliphatic rings. The Morgan fingerprint density at radius 3 is 2.59 bits per heavy atom. The van der Waals surface area contributed by atoms with E-state index in [2.05, 4.69) is 45.8 Å². The molecule has 0 saturated carbocycles. The lowest BCUT2D eigenvalue weighted by Gasteiger charge is -2.07. The van der Waals surface area contributed by atoms with Crippen LogP contribution in [0.4, 0.5) is 0 Å². The minimum absolute atomic E-state index is 0.203. The van der Waals surface area contributed by atoms with Crippen molar-refractivity contribution in [2.75, 3.05) is 7.11 Å². The van der Waals surface area contributed by atoms with Crippen molar-refractivity contribution >= 4 is 27.0 Å². The van der Waals surface area contributed by atoms with Crippen LogP contribution in [0.5, 0.6) is 5.88 Å². The Bertz CT molecular complexity index is 1240. The maximum atomic E-state index is 9.20. The molecule has 4 rings (SSSR count). The zero-order valence-corrected chi connectivity index (χ0v) is 17.8. The van der Waals surface area contributed by atoms with Gasteiger partial charge in [0.05, 0.1) is 29.4 Å². The van der Waals surface area contributed by atoms with E-state index in [4.69, 9.17) is 9.84 Å². The summed E-state index contributed by atoms with van der Waals surface area (Å²) >= 11 is 3.46. The molecule has 0 amide bonds. The summed E-state index contributed by atoms with van der Waals surface area (Å²) in [4.78, 5) is 8.97. The second-order valence-corrected chi connectivity index (χ2v) is 7.73. The quantitative estimate of drug-likeness (QED) is 0.426. The molecule has 3 heterocycles. The first-order chi connectivity index (χ1) is 14.0. The van der Waals surface area contributed by atoms with Gasteiger partial charge in [-0.1, -0.05) is 13.8 Å². The van der Waals surface area contributed by atoms with Crippen molar-refractivity contribution in [2.45, 2.75) is 19.8 Å². The van der Waals surface area contributed by atoms with Gasteiger partial charge < -0.3 is 4.74 Å². The van der Waals surface area contributed by atoms with E-state index in [9.17, 15) is 5.26 Å². The smallest absolute Gasteiger partial charge is 0.212 e. The largest absolute Gasteiger partial charge is 0.481 e. The molecule has 0 aliphatic carbocycles. The Morgan fingerprint density at radius 2 is 1.97 bits per heavy atom. The van der Waals surface area contributed by atoms with Crippen molar-refractivity contribution in [3.05, 3.63) is 64.5 Å². The number of hydrogen-bond acceptors (Lipinski definition) is 5. The minimum atomic E-state index is 0.203. The molecule has 7 heteroatoms. The normalized spacial score (nSPS) is 11.0. The van der Waals surface area contributed by atoms with Crippen LogP contribution in [0.15, 0.2) is 53.3 Å². The summed E-state index contributed by atoms with van der Waals surface area (Å²) in [6, 6.07) is 13.5. The van der Waals surface area contributed by atoms with Gasteiger partial charge in [0.15, 0.2) is 5.65 Å². The molecule has 0 fully saturated rings. The number of rotatable bonds is 4. The fourth-order valence-corrected chi connectivity index (χ4v) is 3.74. The predicted molar refractivity (Wildman–Crippen MR) is 115 cm³/mol. The van der Waals surface area contributed by atoms with Crippen molar-refractivity contribution in [3.63, 3.8) is 0 Å². The molecule has 0 bridgehead atoms. The number of fused-ring (bicyclic) bond motifs is 1. The van der Waals surface area contributed by atoms with Crippen molar-refractivity contribution in [3.8, 4) is 28.8 Å². The van der Waals surface area contributed by atoms with E-state index in [0.717, 1.165) is 38.0 Å². The molecule has 29 heavy (non-hydrogen) atoms.